The molecule has 2 N–H and O–H groups in total. The van der Waals surface area contributed by atoms with Gasteiger partial charge in [-0.3, -0.25) is 14.6 Å². The van der Waals surface area contributed by atoms with Gasteiger partial charge in [-0.15, -0.1) is 0 Å². The Kier molecular flexibility index (Phi) is 9.35. The molecule has 2 heterocycles. The zero-order valence-electron chi connectivity index (χ0n) is 22.4. The number of likely N-dealkylation sites (tertiary alicyclic amines) is 2. The van der Waals surface area contributed by atoms with E-state index in [4.69, 9.17) is 0 Å². The van der Waals surface area contributed by atoms with E-state index in [0.29, 0.717) is 17.7 Å². The molecular formula is C30H42FN3O3. The number of halogens is 1. The van der Waals surface area contributed by atoms with Crippen LogP contribution >= 0.6 is 0 Å². The lowest BCUT2D eigenvalue weighted by Crippen LogP contribution is -2.49. The number of hydrogen-bond donors (Lipinski definition) is 2. The smallest absolute Gasteiger partial charge is 0.167 e. The Morgan fingerprint density at radius 2 is 1.95 bits per heavy atom. The summed E-state index contributed by atoms with van der Waals surface area (Å²) in [6, 6.07) is 12.0. The van der Waals surface area contributed by atoms with Crippen molar-refractivity contribution in [2.45, 2.75) is 57.2 Å². The molecule has 2 saturated heterocycles. The normalized spacial score (nSPS) is 24.0. The minimum absolute atomic E-state index is 0.00304. The summed E-state index contributed by atoms with van der Waals surface area (Å²) in [4.78, 5) is 20.8. The zero-order chi connectivity index (χ0) is 26.5. The van der Waals surface area contributed by atoms with Gasteiger partial charge < -0.3 is 15.1 Å². The molecule has 0 saturated carbocycles. The van der Waals surface area contributed by atoms with Crippen molar-refractivity contribution < 1.29 is 19.4 Å². The number of carbonyl (C=O) groups excluding carboxylic acids is 1. The number of benzene rings is 2. The Hall–Kier alpha value is -2.32. The van der Waals surface area contributed by atoms with Gasteiger partial charge in [-0.1, -0.05) is 24.3 Å². The second-order valence-corrected chi connectivity index (χ2v) is 11.0. The van der Waals surface area contributed by atoms with Gasteiger partial charge in [0.25, 0.3) is 0 Å². The van der Waals surface area contributed by atoms with Crippen molar-refractivity contribution in [3.63, 3.8) is 0 Å². The lowest BCUT2D eigenvalue weighted by Gasteiger charge is -2.40. The van der Waals surface area contributed by atoms with Crippen LogP contribution in [0.25, 0.3) is 0 Å². The van der Waals surface area contributed by atoms with Crippen LogP contribution in [0.4, 0.5) is 4.39 Å². The maximum Gasteiger partial charge on any atom is 0.167 e. The SMILES string of the molecule is Cc1c(F)cccc1C1CCN(CCC[C@H](N(C)C)N2CCC[C@H]2CO)CC1C(=O)c1cccc(O)c1. The van der Waals surface area contributed by atoms with Crippen LogP contribution in [0, 0.1) is 18.7 Å². The highest BCUT2D eigenvalue weighted by Crippen LogP contribution is 2.38. The lowest BCUT2D eigenvalue weighted by molar-refractivity contribution is 0.0341. The first-order chi connectivity index (χ1) is 17.8. The molecule has 2 aromatic carbocycles. The first-order valence-electron chi connectivity index (χ1n) is 13.6. The number of nitrogens with zero attached hydrogens (tertiary/aromatic N) is 3. The van der Waals surface area contributed by atoms with E-state index in [1.54, 1.807) is 31.2 Å². The van der Waals surface area contributed by atoms with Crippen LogP contribution in [0.15, 0.2) is 42.5 Å². The van der Waals surface area contributed by atoms with Crippen LogP contribution in [0.2, 0.25) is 0 Å². The lowest BCUT2D eigenvalue weighted by atomic mass is 9.75. The van der Waals surface area contributed by atoms with Crippen molar-refractivity contribution >= 4 is 5.78 Å². The highest BCUT2D eigenvalue weighted by molar-refractivity contribution is 5.99. The van der Waals surface area contributed by atoms with E-state index in [1.165, 1.54) is 12.1 Å². The molecule has 2 aromatic rings. The van der Waals surface area contributed by atoms with Gasteiger partial charge in [0.15, 0.2) is 5.78 Å². The molecule has 4 atom stereocenters. The molecule has 2 aliphatic rings. The van der Waals surface area contributed by atoms with E-state index in [1.807, 2.05) is 6.07 Å². The molecule has 2 fully saturated rings. The molecular weight excluding hydrogens is 469 g/mol. The van der Waals surface area contributed by atoms with Crippen molar-refractivity contribution in [3.05, 3.63) is 65.0 Å². The van der Waals surface area contributed by atoms with Crippen molar-refractivity contribution in [2.24, 2.45) is 5.92 Å². The maximum atomic E-state index is 14.5. The molecule has 0 aliphatic carbocycles. The number of aliphatic hydroxyl groups is 1. The molecule has 6 nitrogen and oxygen atoms in total. The summed E-state index contributed by atoms with van der Waals surface area (Å²) in [6.45, 7) is 5.39. The summed E-state index contributed by atoms with van der Waals surface area (Å²) >= 11 is 0. The fraction of sp³-hybridized carbons (Fsp3) is 0.567. The van der Waals surface area contributed by atoms with Crippen LogP contribution < -0.4 is 0 Å². The number of Topliss-reactive ketones (excluding diaryl/α,β-unsaturated/α-hetero) is 1. The van der Waals surface area contributed by atoms with E-state index in [-0.39, 0.29) is 48.0 Å². The van der Waals surface area contributed by atoms with Crippen LogP contribution in [0.1, 0.15) is 59.5 Å². The van der Waals surface area contributed by atoms with Gasteiger partial charge in [-0.05, 0) is 101 Å². The molecule has 0 bridgehead atoms. The van der Waals surface area contributed by atoms with E-state index >= 15 is 0 Å². The van der Waals surface area contributed by atoms with Gasteiger partial charge in [0.05, 0.1) is 12.8 Å². The van der Waals surface area contributed by atoms with Gasteiger partial charge in [-0.25, -0.2) is 4.39 Å². The van der Waals surface area contributed by atoms with Gasteiger partial charge in [-0.2, -0.15) is 0 Å². The second-order valence-electron chi connectivity index (χ2n) is 11.0. The minimum atomic E-state index is -0.307. The Morgan fingerprint density at radius 3 is 2.68 bits per heavy atom. The monoisotopic (exact) mass is 511 g/mol. The summed E-state index contributed by atoms with van der Waals surface area (Å²) in [5, 5.41) is 19.8. The molecule has 4 rings (SSSR count). The molecule has 2 aliphatic heterocycles. The average molecular weight is 512 g/mol. The molecule has 2 unspecified atom stereocenters. The Bertz CT molecular complexity index is 1060. The van der Waals surface area contributed by atoms with Crippen molar-refractivity contribution in [1.82, 2.24) is 14.7 Å². The number of phenolic OH excluding ortho intramolecular Hbond substituents is 1. The standard InChI is InChI=1S/C30H42FN3O3/c1-21-25(11-5-12-28(21)31)26-14-17-33(19-27(26)30(37)22-8-4-10-24(36)18-22)15-7-13-29(32(2)3)34-16-6-9-23(34)20-35/h4-5,8,10-12,18,23,26-27,29,35-36H,6-7,9,13-17,19-20H2,1-3H3/t23-,26?,27?,29+/m0/s1. The number of piperidine rings is 1. The molecule has 7 heteroatoms. The number of aliphatic hydroxyl groups excluding tert-OH is 1. The van der Waals surface area contributed by atoms with Crippen molar-refractivity contribution in [1.29, 1.82) is 0 Å². The van der Waals surface area contributed by atoms with Crippen LogP contribution in [-0.2, 0) is 0 Å². The predicted molar refractivity (Wildman–Crippen MR) is 144 cm³/mol. The Balaban J connectivity index is 1.48. The molecule has 0 radical (unpaired) electrons. The minimum Gasteiger partial charge on any atom is -0.508 e. The Morgan fingerprint density at radius 1 is 1.16 bits per heavy atom. The number of ketones is 1. The highest BCUT2D eigenvalue weighted by atomic mass is 19.1. The Labute approximate surface area is 220 Å². The third kappa shape index (κ3) is 6.40. The first-order valence-corrected chi connectivity index (χ1v) is 13.6. The number of aromatic hydroxyl groups is 1. The molecule has 37 heavy (non-hydrogen) atoms. The largest absolute Gasteiger partial charge is 0.508 e. The van der Waals surface area contributed by atoms with Gasteiger partial charge in [0.2, 0.25) is 0 Å². The average Bonchev–Trinajstić information content (AvgIpc) is 3.36. The number of carbonyl (C=O) groups is 1. The number of phenols is 1. The maximum absolute atomic E-state index is 14.5. The fourth-order valence-electron chi connectivity index (χ4n) is 6.42. The van der Waals surface area contributed by atoms with E-state index < -0.39 is 0 Å². The van der Waals surface area contributed by atoms with Gasteiger partial charge in [0, 0.05) is 30.6 Å². The fourth-order valence-corrected chi connectivity index (χ4v) is 6.42. The molecule has 0 aromatic heterocycles. The third-order valence-electron chi connectivity index (χ3n) is 8.42. The quantitative estimate of drug-likeness (QED) is 0.465. The third-order valence-corrected chi connectivity index (χ3v) is 8.42. The van der Waals surface area contributed by atoms with E-state index in [0.717, 1.165) is 57.3 Å². The zero-order valence-corrected chi connectivity index (χ0v) is 22.4. The van der Waals surface area contributed by atoms with Crippen LogP contribution in [-0.4, -0.2) is 89.8 Å². The summed E-state index contributed by atoms with van der Waals surface area (Å²) in [6.07, 6.45) is 5.24. The van der Waals surface area contributed by atoms with Crippen LogP contribution in [0.3, 0.4) is 0 Å². The van der Waals surface area contributed by atoms with Crippen molar-refractivity contribution in [3.8, 4) is 5.75 Å². The highest BCUT2D eigenvalue weighted by Gasteiger charge is 2.37. The summed E-state index contributed by atoms with van der Waals surface area (Å²) in [5.74, 6) is -0.524. The number of hydrogen-bond acceptors (Lipinski definition) is 6. The van der Waals surface area contributed by atoms with E-state index in [2.05, 4.69) is 28.8 Å². The molecule has 0 amide bonds. The predicted octanol–water partition coefficient (Wildman–Crippen LogP) is 4.25. The summed E-state index contributed by atoms with van der Waals surface area (Å²) in [5.41, 5.74) is 2.03. The topological polar surface area (TPSA) is 67.2 Å². The molecule has 202 valence electrons. The second kappa shape index (κ2) is 12.5. The van der Waals surface area contributed by atoms with Gasteiger partial charge >= 0.3 is 0 Å². The van der Waals surface area contributed by atoms with Crippen LogP contribution in [0.5, 0.6) is 5.75 Å². The van der Waals surface area contributed by atoms with Gasteiger partial charge in [0.1, 0.15) is 11.6 Å². The van der Waals surface area contributed by atoms with E-state index in [9.17, 15) is 19.4 Å². The summed E-state index contributed by atoms with van der Waals surface area (Å²) in [7, 11) is 4.21. The molecule has 0 spiro atoms. The number of rotatable bonds is 10. The van der Waals surface area contributed by atoms with Crippen molar-refractivity contribution in [2.75, 3.05) is 46.9 Å². The summed E-state index contributed by atoms with van der Waals surface area (Å²) < 4.78 is 14.5. The first kappa shape index (κ1) is 27.7.